The third-order valence-electron chi connectivity index (χ3n) is 4.01. The third kappa shape index (κ3) is 1.50. The minimum Gasteiger partial charge on any atom is -0.369 e. The Morgan fingerprint density at radius 3 is 2.72 bits per heavy atom. The molecule has 0 bridgehead atoms. The van der Waals surface area contributed by atoms with Crippen LogP contribution in [0.1, 0.15) is 32.2 Å². The zero-order valence-corrected chi connectivity index (χ0v) is 10.2. The number of aromatic nitrogens is 2. The van der Waals surface area contributed by atoms with Crippen LogP contribution < -0.4 is 5.73 Å². The van der Waals surface area contributed by atoms with Crippen molar-refractivity contribution in [2.45, 2.75) is 32.2 Å². The van der Waals surface area contributed by atoms with E-state index in [-0.39, 0.29) is 17.5 Å². The summed E-state index contributed by atoms with van der Waals surface area (Å²) in [5.74, 6) is -0.978. The molecule has 0 aliphatic heterocycles. The molecule has 1 aliphatic carbocycles. The van der Waals surface area contributed by atoms with Gasteiger partial charge >= 0.3 is 0 Å². The van der Waals surface area contributed by atoms with E-state index in [1.807, 2.05) is 6.92 Å². The summed E-state index contributed by atoms with van der Waals surface area (Å²) in [6.45, 7) is 1.99. The minimum absolute atomic E-state index is 0.0556. The van der Waals surface area contributed by atoms with Crippen LogP contribution in [-0.4, -0.2) is 9.55 Å². The van der Waals surface area contributed by atoms with Crippen molar-refractivity contribution < 1.29 is 8.78 Å². The standard InChI is InChI=1S/C13H15F2N3/c1-7(8-3-2-4-8)18-12-10(17-13(18)16)6-5-9(14)11(12)15/h5-8H,2-4H2,1H3,(H2,16,17). The zero-order chi connectivity index (χ0) is 12.9. The van der Waals surface area contributed by atoms with Gasteiger partial charge < -0.3 is 10.3 Å². The van der Waals surface area contributed by atoms with Gasteiger partial charge in [0, 0.05) is 6.04 Å². The first-order valence-corrected chi connectivity index (χ1v) is 6.21. The Morgan fingerprint density at radius 1 is 1.39 bits per heavy atom. The largest absolute Gasteiger partial charge is 0.369 e. The molecular formula is C13H15F2N3. The smallest absolute Gasteiger partial charge is 0.201 e. The van der Waals surface area contributed by atoms with Crippen molar-refractivity contribution in [1.82, 2.24) is 9.55 Å². The van der Waals surface area contributed by atoms with Crippen LogP contribution in [0, 0.1) is 17.6 Å². The maximum absolute atomic E-state index is 13.9. The average molecular weight is 251 g/mol. The molecule has 1 heterocycles. The fourth-order valence-electron chi connectivity index (χ4n) is 2.69. The van der Waals surface area contributed by atoms with Crippen molar-refractivity contribution in [2.75, 3.05) is 5.73 Å². The number of fused-ring (bicyclic) bond motifs is 1. The number of halogens is 2. The van der Waals surface area contributed by atoms with Gasteiger partial charge in [0.25, 0.3) is 0 Å². The monoisotopic (exact) mass is 251 g/mol. The van der Waals surface area contributed by atoms with E-state index in [2.05, 4.69) is 4.98 Å². The lowest BCUT2D eigenvalue weighted by Crippen LogP contribution is -2.24. The third-order valence-corrected chi connectivity index (χ3v) is 4.01. The van der Waals surface area contributed by atoms with Gasteiger partial charge in [0.1, 0.15) is 5.52 Å². The molecule has 2 N–H and O–H groups in total. The van der Waals surface area contributed by atoms with E-state index in [4.69, 9.17) is 5.73 Å². The lowest BCUT2D eigenvalue weighted by Gasteiger charge is -2.33. The molecule has 3 rings (SSSR count). The molecule has 1 atom stereocenters. The summed E-state index contributed by atoms with van der Waals surface area (Å²) in [4.78, 5) is 4.11. The highest BCUT2D eigenvalue weighted by molar-refractivity contribution is 5.79. The molecule has 1 aliphatic rings. The second kappa shape index (κ2) is 3.93. The van der Waals surface area contributed by atoms with Crippen molar-refractivity contribution in [1.29, 1.82) is 0 Å². The number of hydrogen-bond acceptors (Lipinski definition) is 2. The predicted octanol–water partition coefficient (Wildman–Crippen LogP) is 3.26. The number of anilines is 1. The van der Waals surface area contributed by atoms with E-state index < -0.39 is 11.6 Å². The first kappa shape index (κ1) is 11.4. The molecule has 18 heavy (non-hydrogen) atoms. The fourth-order valence-corrected chi connectivity index (χ4v) is 2.69. The maximum Gasteiger partial charge on any atom is 0.201 e. The van der Waals surface area contributed by atoms with Gasteiger partial charge in [-0.3, -0.25) is 0 Å². The second-order valence-corrected chi connectivity index (χ2v) is 5.00. The van der Waals surface area contributed by atoms with E-state index in [9.17, 15) is 8.78 Å². The lowest BCUT2D eigenvalue weighted by molar-refractivity contribution is 0.227. The molecule has 1 saturated carbocycles. The molecule has 1 unspecified atom stereocenters. The highest BCUT2D eigenvalue weighted by Gasteiger charge is 2.29. The van der Waals surface area contributed by atoms with Gasteiger partial charge in [-0.1, -0.05) is 6.42 Å². The van der Waals surface area contributed by atoms with E-state index in [1.54, 1.807) is 4.57 Å². The summed E-state index contributed by atoms with van der Waals surface area (Å²) in [5.41, 5.74) is 6.45. The zero-order valence-electron chi connectivity index (χ0n) is 10.2. The van der Waals surface area contributed by atoms with Crippen molar-refractivity contribution in [2.24, 2.45) is 5.92 Å². The molecule has 96 valence electrons. The molecule has 0 radical (unpaired) electrons. The average Bonchev–Trinajstić information content (AvgIpc) is 2.58. The number of rotatable bonds is 2. The van der Waals surface area contributed by atoms with Gasteiger partial charge in [-0.25, -0.2) is 13.8 Å². The van der Waals surface area contributed by atoms with Crippen LogP contribution in [-0.2, 0) is 0 Å². The Balaban J connectivity index is 2.20. The van der Waals surface area contributed by atoms with Gasteiger partial charge in [0.05, 0.1) is 5.52 Å². The van der Waals surface area contributed by atoms with Crippen LogP contribution in [0.5, 0.6) is 0 Å². The van der Waals surface area contributed by atoms with Crippen molar-refractivity contribution >= 4 is 17.0 Å². The summed E-state index contributed by atoms with van der Waals surface area (Å²) < 4.78 is 28.9. The summed E-state index contributed by atoms with van der Waals surface area (Å²) in [5, 5.41) is 0. The Labute approximate surface area is 104 Å². The van der Waals surface area contributed by atoms with Gasteiger partial charge in [0.15, 0.2) is 11.6 Å². The molecule has 2 aromatic rings. The molecular weight excluding hydrogens is 236 g/mol. The first-order chi connectivity index (χ1) is 8.59. The molecule has 0 spiro atoms. The quantitative estimate of drug-likeness (QED) is 0.890. The lowest BCUT2D eigenvalue weighted by atomic mass is 9.80. The van der Waals surface area contributed by atoms with Crippen LogP contribution in [0.25, 0.3) is 11.0 Å². The van der Waals surface area contributed by atoms with Gasteiger partial charge in [-0.2, -0.15) is 0 Å². The maximum atomic E-state index is 13.9. The summed E-state index contributed by atoms with van der Waals surface area (Å²) in [6, 6.07) is 2.61. The van der Waals surface area contributed by atoms with Crippen LogP contribution in [0.3, 0.4) is 0 Å². The van der Waals surface area contributed by atoms with Crippen molar-refractivity contribution in [3.05, 3.63) is 23.8 Å². The molecule has 1 fully saturated rings. The number of nitrogens with two attached hydrogens (primary N) is 1. The molecule has 1 aromatic carbocycles. The number of imidazole rings is 1. The Kier molecular flexibility index (Phi) is 2.50. The number of benzene rings is 1. The minimum atomic E-state index is -0.858. The normalized spacial score (nSPS) is 17.9. The van der Waals surface area contributed by atoms with E-state index in [1.165, 1.54) is 12.5 Å². The summed E-state index contributed by atoms with van der Waals surface area (Å²) in [6.07, 6.45) is 3.41. The van der Waals surface area contributed by atoms with Crippen LogP contribution in [0.15, 0.2) is 12.1 Å². The number of hydrogen-bond donors (Lipinski definition) is 1. The summed E-state index contributed by atoms with van der Waals surface area (Å²) in [7, 11) is 0. The fraction of sp³-hybridized carbons (Fsp3) is 0.462. The highest BCUT2D eigenvalue weighted by atomic mass is 19.2. The number of nitrogens with zero attached hydrogens (tertiary/aromatic N) is 2. The predicted molar refractivity (Wildman–Crippen MR) is 66.1 cm³/mol. The molecule has 0 amide bonds. The Morgan fingerprint density at radius 2 is 2.11 bits per heavy atom. The Bertz CT molecular complexity index is 602. The topological polar surface area (TPSA) is 43.8 Å². The highest BCUT2D eigenvalue weighted by Crippen LogP contribution is 2.39. The van der Waals surface area contributed by atoms with Crippen LogP contribution in [0.4, 0.5) is 14.7 Å². The van der Waals surface area contributed by atoms with E-state index >= 15 is 0 Å². The van der Waals surface area contributed by atoms with Gasteiger partial charge in [0.2, 0.25) is 5.95 Å². The molecule has 3 nitrogen and oxygen atoms in total. The van der Waals surface area contributed by atoms with Gasteiger partial charge in [-0.05, 0) is 37.8 Å². The summed E-state index contributed by atoms with van der Waals surface area (Å²) >= 11 is 0. The number of nitrogen functional groups attached to an aromatic ring is 1. The molecule has 1 aromatic heterocycles. The first-order valence-electron chi connectivity index (χ1n) is 6.21. The van der Waals surface area contributed by atoms with Crippen molar-refractivity contribution in [3.63, 3.8) is 0 Å². The SMILES string of the molecule is CC(C1CCC1)n1c(N)nc2ccc(F)c(F)c21. The van der Waals surface area contributed by atoms with E-state index in [0.717, 1.165) is 18.9 Å². The molecule has 0 saturated heterocycles. The van der Waals surface area contributed by atoms with Gasteiger partial charge in [-0.15, -0.1) is 0 Å². The van der Waals surface area contributed by atoms with E-state index in [0.29, 0.717) is 11.4 Å². The van der Waals surface area contributed by atoms with Crippen LogP contribution in [0.2, 0.25) is 0 Å². The Hall–Kier alpha value is -1.65. The van der Waals surface area contributed by atoms with Crippen LogP contribution >= 0.6 is 0 Å². The molecule has 5 heteroatoms. The van der Waals surface area contributed by atoms with Crippen molar-refractivity contribution in [3.8, 4) is 0 Å². The second-order valence-electron chi connectivity index (χ2n) is 5.00.